The number of hydrogen-bond acceptors (Lipinski definition) is 4. The molecule has 1 saturated heterocycles. The number of amides is 3. The quantitative estimate of drug-likeness (QED) is 0.466. The van der Waals surface area contributed by atoms with Crippen LogP contribution in [0.5, 0.6) is 0 Å². The molecule has 0 radical (unpaired) electrons. The zero-order chi connectivity index (χ0) is 13.5. The van der Waals surface area contributed by atoms with Crippen LogP contribution in [0.2, 0.25) is 0 Å². The van der Waals surface area contributed by atoms with Gasteiger partial charge in [0.2, 0.25) is 5.91 Å². The van der Waals surface area contributed by atoms with E-state index in [1.165, 1.54) is 4.90 Å². The van der Waals surface area contributed by atoms with Crippen molar-refractivity contribution < 1.29 is 14.4 Å². The predicted molar refractivity (Wildman–Crippen MR) is 62.0 cm³/mol. The molecule has 0 aliphatic carbocycles. The second kappa shape index (κ2) is 6.59. The summed E-state index contributed by atoms with van der Waals surface area (Å²) >= 11 is 0. The summed E-state index contributed by atoms with van der Waals surface area (Å²) in [5.74, 6) is -1.53. The summed E-state index contributed by atoms with van der Waals surface area (Å²) in [4.78, 5) is 35.8. The van der Waals surface area contributed by atoms with Crippen LogP contribution in [0.3, 0.4) is 0 Å². The zero-order valence-electron chi connectivity index (χ0n) is 10.2. The second-order valence-electron chi connectivity index (χ2n) is 4.02. The Bertz CT molecular complexity index is 380. The number of nitriles is 1. The van der Waals surface area contributed by atoms with Crippen LogP contribution in [0, 0.1) is 17.2 Å². The van der Waals surface area contributed by atoms with E-state index in [1.807, 2.05) is 0 Å². The van der Waals surface area contributed by atoms with Gasteiger partial charge in [-0.25, -0.2) is 0 Å². The Labute approximate surface area is 105 Å². The van der Waals surface area contributed by atoms with Gasteiger partial charge in [0.05, 0.1) is 6.07 Å². The molecule has 1 aliphatic rings. The van der Waals surface area contributed by atoms with Crippen molar-refractivity contribution in [3.63, 3.8) is 0 Å². The normalized spacial score (nSPS) is 15.7. The maximum absolute atomic E-state index is 11.7. The highest BCUT2D eigenvalue weighted by Crippen LogP contribution is 2.17. The minimum Gasteiger partial charge on any atom is -0.359 e. The fourth-order valence-electron chi connectivity index (χ4n) is 1.89. The molecule has 1 rings (SSSR count). The molecule has 0 atom stereocenters. The molecule has 0 spiro atoms. The van der Waals surface area contributed by atoms with E-state index in [4.69, 9.17) is 5.26 Å². The first-order valence-electron chi connectivity index (χ1n) is 5.75. The first kappa shape index (κ1) is 14.0. The van der Waals surface area contributed by atoms with E-state index in [1.54, 1.807) is 13.1 Å². The average Bonchev–Trinajstić information content (AvgIpc) is 2.43. The summed E-state index contributed by atoms with van der Waals surface area (Å²) in [6.07, 6.45) is 1.11. The van der Waals surface area contributed by atoms with Crippen molar-refractivity contribution >= 4 is 17.7 Å². The van der Waals surface area contributed by atoms with Crippen LogP contribution in [0.1, 0.15) is 12.8 Å². The minimum atomic E-state index is -0.769. The number of rotatable bonds is 2. The van der Waals surface area contributed by atoms with Crippen LogP contribution < -0.4 is 10.6 Å². The molecule has 98 valence electrons. The monoisotopic (exact) mass is 252 g/mol. The number of carbonyl (C=O) groups excluding carboxylic acids is 3. The van der Waals surface area contributed by atoms with Crippen molar-refractivity contribution in [2.75, 3.05) is 26.7 Å². The highest BCUT2D eigenvalue weighted by Gasteiger charge is 2.29. The van der Waals surface area contributed by atoms with Crippen LogP contribution in [-0.2, 0) is 14.4 Å². The van der Waals surface area contributed by atoms with Gasteiger partial charge in [0.15, 0.2) is 0 Å². The second-order valence-corrected chi connectivity index (χ2v) is 4.02. The topological polar surface area (TPSA) is 102 Å². The molecule has 0 saturated carbocycles. The third-order valence-electron chi connectivity index (χ3n) is 2.92. The molecule has 2 N–H and O–H groups in total. The van der Waals surface area contributed by atoms with Crippen molar-refractivity contribution in [1.82, 2.24) is 15.5 Å². The molecular formula is C11H16N4O3. The first-order valence-corrected chi connectivity index (χ1v) is 5.75. The maximum atomic E-state index is 11.7. The molecule has 0 aromatic rings. The largest absolute Gasteiger partial charge is 0.359 e. The number of carbonyl (C=O) groups is 3. The van der Waals surface area contributed by atoms with E-state index >= 15 is 0 Å². The molecule has 0 unspecified atom stereocenters. The molecular weight excluding hydrogens is 236 g/mol. The van der Waals surface area contributed by atoms with E-state index in [9.17, 15) is 14.4 Å². The van der Waals surface area contributed by atoms with Gasteiger partial charge in [0.25, 0.3) is 0 Å². The van der Waals surface area contributed by atoms with Gasteiger partial charge in [-0.3, -0.25) is 14.4 Å². The van der Waals surface area contributed by atoms with Crippen LogP contribution in [0.4, 0.5) is 0 Å². The molecule has 0 aromatic carbocycles. The molecule has 0 aromatic heterocycles. The lowest BCUT2D eigenvalue weighted by molar-refractivity contribution is -0.147. The van der Waals surface area contributed by atoms with Crippen LogP contribution in [0.25, 0.3) is 0 Å². The summed E-state index contributed by atoms with van der Waals surface area (Å²) < 4.78 is 0. The molecule has 18 heavy (non-hydrogen) atoms. The molecule has 0 bridgehead atoms. The SMILES string of the molecule is CNC(=O)C1CCN(C(=O)C(=O)NCC#N)CC1. The van der Waals surface area contributed by atoms with E-state index < -0.39 is 11.8 Å². The van der Waals surface area contributed by atoms with Crippen molar-refractivity contribution in [1.29, 1.82) is 5.26 Å². The smallest absolute Gasteiger partial charge is 0.311 e. The lowest BCUT2D eigenvalue weighted by Gasteiger charge is -2.30. The lowest BCUT2D eigenvalue weighted by atomic mass is 9.96. The van der Waals surface area contributed by atoms with Crippen LogP contribution in [0.15, 0.2) is 0 Å². The van der Waals surface area contributed by atoms with E-state index in [-0.39, 0.29) is 18.4 Å². The molecule has 7 nitrogen and oxygen atoms in total. The molecule has 1 fully saturated rings. The van der Waals surface area contributed by atoms with Crippen LogP contribution >= 0.6 is 0 Å². The van der Waals surface area contributed by atoms with Gasteiger partial charge in [-0.15, -0.1) is 0 Å². The Morgan fingerprint density at radius 3 is 2.44 bits per heavy atom. The number of piperidine rings is 1. The fourth-order valence-corrected chi connectivity index (χ4v) is 1.89. The summed E-state index contributed by atoms with van der Waals surface area (Å²) in [6, 6.07) is 1.73. The van der Waals surface area contributed by atoms with Gasteiger partial charge in [-0.1, -0.05) is 0 Å². The standard InChI is InChI=1S/C11H16N4O3/c1-13-9(16)8-2-6-15(7-3-8)11(18)10(17)14-5-4-12/h8H,2-3,5-7H2,1H3,(H,13,16)(H,14,17). The van der Waals surface area contributed by atoms with E-state index in [2.05, 4.69) is 10.6 Å². The summed E-state index contributed by atoms with van der Waals surface area (Å²) in [6.45, 7) is 0.590. The highest BCUT2D eigenvalue weighted by atomic mass is 16.2. The number of likely N-dealkylation sites (tertiary alicyclic amines) is 1. The fraction of sp³-hybridized carbons (Fsp3) is 0.636. The number of nitrogens with one attached hydrogen (secondary N) is 2. The summed E-state index contributed by atoms with van der Waals surface area (Å²) in [7, 11) is 1.58. The third-order valence-corrected chi connectivity index (χ3v) is 2.92. The van der Waals surface area contributed by atoms with Gasteiger partial charge in [0.1, 0.15) is 6.54 Å². The highest BCUT2D eigenvalue weighted by molar-refractivity contribution is 6.35. The number of nitrogens with zero attached hydrogens (tertiary/aromatic N) is 2. The first-order chi connectivity index (χ1) is 8.60. The van der Waals surface area contributed by atoms with Crippen molar-refractivity contribution in [3.05, 3.63) is 0 Å². The van der Waals surface area contributed by atoms with Gasteiger partial charge in [-0.2, -0.15) is 5.26 Å². The molecule has 1 heterocycles. The van der Waals surface area contributed by atoms with Gasteiger partial charge in [0, 0.05) is 26.1 Å². The summed E-state index contributed by atoms with van der Waals surface area (Å²) in [5, 5.41) is 13.1. The molecule has 1 aliphatic heterocycles. The Balaban J connectivity index is 2.43. The lowest BCUT2D eigenvalue weighted by Crippen LogP contribution is -2.48. The Morgan fingerprint density at radius 1 is 1.33 bits per heavy atom. The predicted octanol–water partition coefficient (Wildman–Crippen LogP) is -1.39. The van der Waals surface area contributed by atoms with Crippen LogP contribution in [-0.4, -0.2) is 49.3 Å². The van der Waals surface area contributed by atoms with Gasteiger partial charge >= 0.3 is 11.8 Å². The number of hydrogen-bond donors (Lipinski definition) is 2. The van der Waals surface area contributed by atoms with E-state index in [0.29, 0.717) is 25.9 Å². The maximum Gasteiger partial charge on any atom is 0.311 e. The Hall–Kier alpha value is -2.10. The van der Waals surface area contributed by atoms with Gasteiger partial charge in [-0.05, 0) is 12.8 Å². The minimum absolute atomic E-state index is 0.0315. The zero-order valence-corrected chi connectivity index (χ0v) is 10.2. The van der Waals surface area contributed by atoms with Crippen molar-refractivity contribution in [3.8, 4) is 6.07 Å². The third kappa shape index (κ3) is 3.45. The average molecular weight is 252 g/mol. The van der Waals surface area contributed by atoms with Crippen molar-refractivity contribution in [2.24, 2.45) is 5.92 Å². The Kier molecular flexibility index (Phi) is 5.11. The molecule has 7 heteroatoms. The molecule has 3 amide bonds. The Morgan fingerprint density at radius 2 is 1.94 bits per heavy atom. The van der Waals surface area contributed by atoms with E-state index in [0.717, 1.165) is 0 Å². The van der Waals surface area contributed by atoms with Gasteiger partial charge < -0.3 is 15.5 Å². The van der Waals surface area contributed by atoms with Crippen molar-refractivity contribution in [2.45, 2.75) is 12.8 Å². The summed E-state index contributed by atoms with van der Waals surface area (Å²) in [5.41, 5.74) is 0.